The molecule has 0 bridgehead atoms. The van der Waals surface area contributed by atoms with E-state index in [1.165, 1.54) is 0 Å². The average Bonchev–Trinajstić information content (AvgIpc) is 3.38. The molecule has 0 atom stereocenters. The molecule has 1 saturated heterocycles. The van der Waals surface area contributed by atoms with E-state index in [1.807, 2.05) is 55.6 Å². The lowest BCUT2D eigenvalue weighted by Gasteiger charge is -2.31. The molecule has 30 heavy (non-hydrogen) atoms. The first-order chi connectivity index (χ1) is 14.6. The second kappa shape index (κ2) is 9.58. The van der Waals surface area contributed by atoms with E-state index in [4.69, 9.17) is 9.40 Å². The van der Waals surface area contributed by atoms with Crippen molar-refractivity contribution in [3.05, 3.63) is 58.8 Å². The van der Waals surface area contributed by atoms with E-state index in [9.17, 15) is 4.79 Å². The first-order valence-electron chi connectivity index (χ1n) is 10.7. The molecule has 3 heterocycles. The Morgan fingerprint density at radius 3 is 2.80 bits per heavy atom. The third-order valence-electron chi connectivity index (χ3n) is 5.79. The van der Waals surface area contributed by atoms with Crippen LogP contribution < -0.4 is 5.32 Å². The topological polar surface area (TPSA) is 58.4 Å². The van der Waals surface area contributed by atoms with Crippen molar-refractivity contribution >= 4 is 22.9 Å². The van der Waals surface area contributed by atoms with Crippen molar-refractivity contribution in [2.45, 2.75) is 46.1 Å². The van der Waals surface area contributed by atoms with Crippen LogP contribution in [0.25, 0.3) is 10.8 Å². The molecule has 1 aliphatic rings. The fraction of sp³-hybridized carbons (Fsp3) is 0.417. The smallest absolute Gasteiger partial charge is 0.236 e. The summed E-state index contributed by atoms with van der Waals surface area (Å²) in [5, 5.41) is 5.06. The molecule has 2 aromatic heterocycles. The summed E-state index contributed by atoms with van der Waals surface area (Å²) in [5.41, 5.74) is 3.08. The van der Waals surface area contributed by atoms with Crippen LogP contribution in [0, 0.1) is 19.8 Å². The van der Waals surface area contributed by atoms with E-state index in [1.54, 1.807) is 11.3 Å². The van der Waals surface area contributed by atoms with E-state index >= 15 is 0 Å². The largest absolute Gasteiger partial charge is 0.440 e. The second-order valence-corrected chi connectivity index (χ2v) is 9.12. The number of thiophene rings is 1. The Balaban J connectivity index is 1.21. The summed E-state index contributed by atoms with van der Waals surface area (Å²) in [6.07, 6.45) is 3.81. The summed E-state index contributed by atoms with van der Waals surface area (Å²) >= 11 is 1.65. The predicted octanol–water partition coefficient (Wildman–Crippen LogP) is 5.65. The Labute approximate surface area is 182 Å². The molecule has 1 aliphatic heterocycles. The van der Waals surface area contributed by atoms with E-state index in [-0.39, 0.29) is 5.91 Å². The first kappa shape index (κ1) is 20.8. The van der Waals surface area contributed by atoms with Gasteiger partial charge in [-0.15, -0.1) is 11.3 Å². The summed E-state index contributed by atoms with van der Waals surface area (Å²) in [5.74, 6) is 2.37. The molecule has 0 spiro atoms. The predicted molar refractivity (Wildman–Crippen MR) is 122 cm³/mol. The zero-order chi connectivity index (χ0) is 20.9. The van der Waals surface area contributed by atoms with E-state index in [2.05, 4.69) is 10.2 Å². The lowest BCUT2D eigenvalue weighted by atomic mass is 9.92. The number of hydrogen-bond donors (Lipinski definition) is 1. The van der Waals surface area contributed by atoms with Gasteiger partial charge >= 0.3 is 0 Å². The molecule has 158 valence electrons. The van der Waals surface area contributed by atoms with Gasteiger partial charge < -0.3 is 9.73 Å². The molecule has 6 heteroatoms. The Kier molecular flexibility index (Phi) is 6.65. The number of aromatic nitrogens is 1. The molecule has 5 nitrogen and oxygen atoms in total. The molecule has 0 unspecified atom stereocenters. The van der Waals surface area contributed by atoms with Crippen molar-refractivity contribution in [3.8, 4) is 10.8 Å². The van der Waals surface area contributed by atoms with Crippen molar-refractivity contribution in [1.29, 1.82) is 0 Å². The SMILES string of the molecule is Cc1cccc(NC(=O)CCC2CCN(Cc3nc(-c4cccs4)oc3C)CC2)c1. The fourth-order valence-corrected chi connectivity index (χ4v) is 4.66. The van der Waals surface area contributed by atoms with Gasteiger partial charge in [0.15, 0.2) is 0 Å². The number of anilines is 1. The van der Waals surface area contributed by atoms with Gasteiger partial charge in [0, 0.05) is 18.7 Å². The number of piperidine rings is 1. The van der Waals surface area contributed by atoms with Gasteiger partial charge in [0.05, 0.1) is 10.6 Å². The van der Waals surface area contributed by atoms with Gasteiger partial charge in [0.1, 0.15) is 5.76 Å². The minimum Gasteiger partial charge on any atom is -0.440 e. The highest BCUT2D eigenvalue weighted by Gasteiger charge is 2.22. The van der Waals surface area contributed by atoms with Crippen molar-refractivity contribution in [2.75, 3.05) is 18.4 Å². The number of benzene rings is 1. The summed E-state index contributed by atoms with van der Waals surface area (Å²) in [6.45, 7) is 6.96. The van der Waals surface area contributed by atoms with Crippen LogP contribution in [0.3, 0.4) is 0 Å². The number of rotatable bonds is 7. The number of amides is 1. The summed E-state index contributed by atoms with van der Waals surface area (Å²) in [7, 11) is 0. The molecule has 0 saturated carbocycles. The van der Waals surface area contributed by atoms with Gasteiger partial charge in [0.25, 0.3) is 0 Å². The normalized spacial score (nSPS) is 15.4. The second-order valence-electron chi connectivity index (χ2n) is 8.18. The fourth-order valence-electron chi connectivity index (χ4n) is 4.01. The van der Waals surface area contributed by atoms with Crippen molar-refractivity contribution in [2.24, 2.45) is 5.92 Å². The third-order valence-corrected chi connectivity index (χ3v) is 6.64. The van der Waals surface area contributed by atoms with Crippen LogP contribution >= 0.6 is 11.3 Å². The standard InChI is InChI=1S/C24H29N3O2S/c1-17-5-3-6-20(15-17)25-23(28)9-8-19-10-12-27(13-11-19)16-21-18(2)29-24(26-21)22-7-4-14-30-22/h3-7,14-15,19H,8-13,16H2,1-2H3,(H,25,28). The highest BCUT2D eigenvalue weighted by Crippen LogP contribution is 2.28. The number of aryl methyl sites for hydroxylation is 2. The number of nitrogens with zero attached hydrogens (tertiary/aromatic N) is 2. The number of carbonyl (C=O) groups is 1. The zero-order valence-corrected chi connectivity index (χ0v) is 18.5. The minimum absolute atomic E-state index is 0.113. The molecule has 1 fully saturated rings. The molecule has 3 aromatic rings. The van der Waals surface area contributed by atoms with E-state index in [0.29, 0.717) is 12.3 Å². The maximum absolute atomic E-state index is 12.3. The van der Waals surface area contributed by atoms with Gasteiger partial charge in [0.2, 0.25) is 11.8 Å². The number of oxazole rings is 1. The Morgan fingerprint density at radius 1 is 1.23 bits per heavy atom. The quantitative estimate of drug-likeness (QED) is 0.533. The van der Waals surface area contributed by atoms with Crippen LogP contribution in [0.1, 0.15) is 42.7 Å². The van der Waals surface area contributed by atoms with E-state index in [0.717, 1.165) is 72.4 Å². The monoisotopic (exact) mass is 423 g/mol. The molecule has 0 radical (unpaired) electrons. The van der Waals surface area contributed by atoms with E-state index < -0.39 is 0 Å². The summed E-state index contributed by atoms with van der Waals surface area (Å²) < 4.78 is 5.87. The van der Waals surface area contributed by atoms with Crippen LogP contribution in [0.2, 0.25) is 0 Å². The van der Waals surface area contributed by atoms with Crippen molar-refractivity contribution < 1.29 is 9.21 Å². The molecule has 1 aromatic carbocycles. The lowest BCUT2D eigenvalue weighted by molar-refractivity contribution is -0.116. The molecule has 4 rings (SSSR count). The number of carbonyl (C=O) groups excluding carboxylic acids is 1. The maximum atomic E-state index is 12.3. The maximum Gasteiger partial charge on any atom is 0.236 e. The van der Waals surface area contributed by atoms with Gasteiger partial charge in [-0.3, -0.25) is 9.69 Å². The molecule has 1 N–H and O–H groups in total. The minimum atomic E-state index is 0.113. The first-order valence-corrected chi connectivity index (χ1v) is 11.5. The van der Waals surface area contributed by atoms with Crippen molar-refractivity contribution in [3.63, 3.8) is 0 Å². The molecule has 1 amide bonds. The van der Waals surface area contributed by atoms with Gasteiger partial charge in [-0.05, 0) is 81.3 Å². The Hall–Kier alpha value is -2.44. The zero-order valence-electron chi connectivity index (χ0n) is 17.7. The van der Waals surface area contributed by atoms with Crippen LogP contribution in [0.4, 0.5) is 5.69 Å². The highest BCUT2D eigenvalue weighted by molar-refractivity contribution is 7.13. The number of nitrogens with one attached hydrogen (secondary N) is 1. The molecular formula is C24H29N3O2S. The van der Waals surface area contributed by atoms with Crippen LogP contribution in [0.5, 0.6) is 0 Å². The summed E-state index contributed by atoms with van der Waals surface area (Å²) in [6, 6.07) is 12.0. The number of likely N-dealkylation sites (tertiary alicyclic amines) is 1. The highest BCUT2D eigenvalue weighted by atomic mass is 32.1. The van der Waals surface area contributed by atoms with Gasteiger partial charge in [-0.2, -0.15) is 0 Å². The van der Waals surface area contributed by atoms with Gasteiger partial charge in [-0.1, -0.05) is 18.2 Å². The Bertz CT molecular complexity index is 972. The van der Waals surface area contributed by atoms with Gasteiger partial charge in [-0.25, -0.2) is 4.98 Å². The Morgan fingerprint density at radius 2 is 2.07 bits per heavy atom. The number of hydrogen-bond acceptors (Lipinski definition) is 5. The summed E-state index contributed by atoms with van der Waals surface area (Å²) in [4.78, 5) is 20.5. The molecular weight excluding hydrogens is 394 g/mol. The van der Waals surface area contributed by atoms with Crippen LogP contribution in [-0.2, 0) is 11.3 Å². The van der Waals surface area contributed by atoms with Crippen LogP contribution in [-0.4, -0.2) is 28.9 Å². The average molecular weight is 424 g/mol. The lowest BCUT2D eigenvalue weighted by Crippen LogP contribution is -2.33. The van der Waals surface area contributed by atoms with Crippen molar-refractivity contribution in [1.82, 2.24) is 9.88 Å². The molecule has 0 aliphatic carbocycles. The third kappa shape index (κ3) is 5.37. The van der Waals surface area contributed by atoms with Crippen LogP contribution in [0.15, 0.2) is 46.2 Å².